The Hall–Kier alpha value is -1.89. The van der Waals surface area contributed by atoms with Crippen LogP contribution in [0.25, 0.3) is 5.69 Å². The van der Waals surface area contributed by atoms with Crippen LogP contribution < -0.4 is 5.32 Å². The van der Waals surface area contributed by atoms with Gasteiger partial charge in [0.2, 0.25) is 0 Å². The van der Waals surface area contributed by atoms with Crippen molar-refractivity contribution in [3.63, 3.8) is 0 Å². The highest BCUT2D eigenvalue weighted by Crippen LogP contribution is 2.28. The van der Waals surface area contributed by atoms with E-state index in [0.717, 1.165) is 17.3 Å². The van der Waals surface area contributed by atoms with E-state index in [1.807, 2.05) is 13.8 Å². The maximum atomic E-state index is 12.7. The van der Waals surface area contributed by atoms with Crippen LogP contribution in [0.15, 0.2) is 24.5 Å². The minimum atomic E-state index is -4.44. The molecule has 2 rings (SSSR count). The molecule has 0 aliphatic rings. The minimum absolute atomic E-state index is 0.266. The predicted molar refractivity (Wildman–Crippen MR) is 73.1 cm³/mol. The molecule has 0 aromatic carbocycles. The number of halogens is 3. The van der Waals surface area contributed by atoms with Gasteiger partial charge in [-0.3, -0.25) is 4.98 Å². The van der Waals surface area contributed by atoms with E-state index in [9.17, 15) is 13.2 Å². The molecular formula is C14H17F3N4. The lowest BCUT2D eigenvalue weighted by atomic mass is 10.2. The number of alkyl halides is 3. The van der Waals surface area contributed by atoms with E-state index in [1.54, 1.807) is 19.2 Å². The molecule has 0 saturated heterocycles. The Morgan fingerprint density at radius 2 is 2.05 bits per heavy atom. The van der Waals surface area contributed by atoms with Gasteiger partial charge in [0.1, 0.15) is 0 Å². The van der Waals surface area contributed by atoms with Crippen LogP contribution in [0.4, 0.5) is 13.2 Å². The average Bonchev–Trinajstić information content (AvgIpc) is 2.86. The molecule has 1 N–H and O–H groups in total. The van der Waals surface area contributed by atoms with Crippen molar-refractivity contribution in [2.75, 3.05) is 0 Å². The van der Waals surface area contributed by atoms with Crippen molar-refractivity contribution in [3.05, 3.63) is 41.5 Å². The lowest BCUT2D eigenvalue weighted by Gasteiger charge is -2.13. The van der Waals surface area contributed by atoms with E-state index in [4.69, 9.17) is 0 Å². The molecule has 7 heteroatoms. The van der Waals surface area contributed by atoms with Gasteiger partial charge in [-0.25, -0.2) is 4.68 Å². The second-order valence-corrected chi connectivity index (χ2v) is 5.13. The minimum Gasteiger partial charge on any atom is -0.310 e. The van der Waals surface area contributed by atoms with Gasteiger partial charge in [0.15, 0.2) is 5.69 Å². The van der Waals surface area contributed by atoms with Gasteiger partial charge in [0.25, 0.3) is 0 Å². The summed E-state index contributed by atoms with van der Waals surface area (Å²) in [7, 11) is 0. The third-order valence-electron chi connectivity index (χ3n) is 2.93. The Bertz CT molecular complexity index is 617. The highest BCUT2D eigenvalue weighted by Gasteiger charge is 2.33. The van der Waals surface area contributed by atoms with Gasteiger partial charge in [0, 0.05) is 36.2 Å². The molecule has 114 valence electrons. The molecule has 0 aliphatic carbocycles. The van der Waals surface area contributed by atoms with Crippen LogP contribution in [0.5, 0.6) is 0 Å². The van der Waals surface area contributed by atoms with Gasteiger partial charge in [-0.15, -0.1) is 0 Å². The molecule has 0 bridgehead atoms. The number of nitrogens with zero attached hydrogens (tertiary/aromatic N) is 3. The largest absolute Gasteiger partial charge is 0.435 e. The van der Waals surface area contributed by atoms with E-state index in [1.165, 1.54) is 10.9 Å². The maximum absolute atomic E-state index is 12.7. The quantitative estimate of drug-likeness (QED) is 0.943. The van der Waals surface area contributed by atoms with E-state index in [2.05, 4.69) is 15.4 Å². The third kappa shape index (κ3) is 3.81. The predicted octanol–water partition coefficient (Wildman–Crippen LogP) is 3.09. The summed E-state index contributed by atoms with van der Waals surface area (Å²) in [5.41, 5.74) is 1.22. The molecule has 0 aliphatic heterocycles. The number of rotatable bonds is 4. The Morgan fingerprint density at radius 1 is 1.33 bits per heavy atom. The molecule has 4 nitrogen and oxygen atoms in total. The number of pyridine rings is 1. The van der Waals surface area contributed by atoms with Crippen molar-refractivity contribution in [2.45, 2.75) is 39.5 Å². The van der Waals surface area contributed by atoms with Crippen molar-refractivity contribution < 1.29 is 13.2 Å². The van der Waals surface area contributed by atoms with E-state index < -0.39 is 11.9 Å². The lowest BCUT2D eigenvalue weighted by molar-refractivity contribution is -0.141. The molecule has 0 amide bonds. The van der Waals surface area contributed by atoms with Crippen LogP contribution in [0.1, 0.15) is 30.8 Å². The SMILES string of the molecule is Cc1cc(-n2ccc(C(F)(F)F)n2)c(CNC(C)C)cn1. The zero-order valence-corrected chi connectivity index (χ0v) is 12.1. The van der Waals surface area contributed by atoms with E-state index in [-0.39, 0.29) is 6.04 Å². The van der Waals surface area contributed by atoms with Crippen LogP contribution in [0.2, 0.25) is 0 Å². The highest BCUT2D eigenvalue weighted by molar-refractivity contribution is 5.40. The summed E-state index contributed by atoms with van der Waals surface area (Å²) in [4.78, 5) is 4.20. The first-order chi connectivity index (χ1) is 9.77. The van der Waals surface area contributed by atoms with Gasteiger partial charge in [-0.2, -0.15) is 18.3 Å². The average molecular weight is 298 g/mol. The van der Waals surface area contributed by atoms with Gasteiger partial charge in [-0.1, -0.05) is 13.8 Å². The molecule has 21 heavy (non-hydrogen) atoms. The molecule has 2 aromatic heterocycles. The normalized spacial score (nSPS) is 12.1. The molecular weight excluding hydrogens is 281 g/mol. The fourth-order valence-corrected chi connectivity index (χ4v) is 1.85. The number of nitrogens with one attached hydrogen (secondary N) is 1. The monoisotopic (exact) mass is 298 g/mol. The number of aromatic nitrogens is 3. The Balaban J connectivity index is 2.37. The number of hydrogen-bond donors (Lipinski definition) is 1. The molecule has 0 saturated carbocycles. The molecule has 0 spiro atoms. The number of aryl methyl sites for hydroxylation is 1. The first-order valence-electron chi connectivity index (χ1n) is 6.59. The number of hydrogen-bond acceptors (Lipinski definition) is 3. The molecule has 0 radical (unpaired) electrons. The second kappa shape index (κ2) is 5.85. The van der Waals surface area contributed by atoms with Crippen LogP contribution in [0, 0.1) is 6.92 Å². The highest BCUT2D eigenvalue weighted by atomic mass is 19.4. The van der Waals surface area contributed by atoms with Gasteiger partial charge >= 0.3 is 6.18 Å². The standard InChI is InChI=1S/C14H17F3N4/c1-9(2)18-7-11-8-19-10(3)6-12(11)21-5-4-13(20-21)14(15,16)17/h4-6,8-9,18H,7H2,1-3H3. The van der Waals surface area contributed by atoms with Crippen LogP contribution in [0.3, 0.4) is 0 Å². The Kier molecular flexibility index (Phi) is 4.32. The molecule has 0 atom stereocenters. The first kappa shape index (κ1) is 15.5. The van der Waals surface area contributed by atoms with Gasteiger partial charge in [0.05, 0.1) is 5.69 Å². The zero-order valence-electron chi connectivity index (χ0n) is 12.1. The van der Waals surface area contributed by atoms with E-state index in [0.29, 0.717) is 12.2 Å². The van der Waals surface area contributed by atoms with Crippen molar-refractivity contribution in [1.29, 1.82) is 0 Å². The summed E-state index contributed by atoms with van der Waals surface area (Å²) < 4.78 is 39.2. The molecule has 0 unspecified atom stereocenters. The van der Waals surface area contributed by atoms with Crippen LogP contribution in [-0.2, 0) is 12.7 Å². The lowest BCUT2D eigenvalue weighted by Crippen LogP contribution is -2.23. The molecule has 0 fully saturated rings. The fraction of sp³-hybridized carbons (Fsp3) is 0.429. The van der Waals surface area contributed by atoms with Gasteiger partial charge < -0.3 is 5.32 Å². The molecule has 2 aromatic rings. The van der Waals surface area contributed by atoms with Crippen LogP contribution in [-0.4, -0.2) is 20.8 Å². The van der Waals surface area contributed by atoms with Crippen molar-refractivity contribution in [2.24, 2.45) is 0 Å². The molecule has 2 heterocycles. The zero-order chi connectivity index (χ0) is 15.6. The third-order valence-corrected chi connectivity index (χ3v) is 2.93. The van der Waals surface area contributed by atoms with Crippen molar-refractivity contribution in [3.8, 4) is 5.69 Å². The maximum Gasteiger partial charge on any atom is 0.435 e. The summed E-state index contributed by atoms with van der Waals surface area (Å²) in [6.07, 6.45) is -1.46. The first-order valence-corrected chi connectivity index (χ1v) is 6.59. The summed E-state index contributed by atoms with van der Waals surface area (Å²) in [5, 5.41) is 6.84. The van der Waals surface area contributed by atoms with E-state index >= 15 is 0 Å². The summed E-state index contributed by atoms with van der Waals surface area (Å²) in [5.74, 6) is 0. The topological polar surface area (TPSA) is 42.7 Å². The summed E-state index contributed by atoms with van der Waals surface area (Å²) in [6.45, 7) is 6.30. The second-order valence-electron chi connectivity index (χ2n) is 5.13. The van der Waals surface area contributed by atoms with Gasteiger partial charge in [-0.05, 0) is 19.1 Å². The Morgan fingerprint density at radius 3 is 2.62 bits per heavy atom. The van der Waals surface area contributed by atoms with Crippen molar-refractivity contribution in [1.82, 2.24) is 20.1 Å². The smallest absolute Gasteiger partial charge is 0.310 e. The Labute approximate surface area is 121 Å². The summed E-state index contributed by atoms with van der Waals surface area (Å²) >= 11 is 0. The summed E-state index contributed by atoms with van der Waals surface area (Å²) in [6, 6.07) is 2.96. The van der Waals surface area contributed by atoms with Crippen LogP contribution >= 0.6 is 0 Å². The van der Waals surface area contributed by atoms with Crippen molar-refractivity contribution >= 4 is 0 Å². The fourth-order valence-electron chi connectivity index (χ4n) is 1.85.